The van der Waals surface area contributed by atoms with Gasteiger partial charge in [-0.05, 0) is 29.7 Å². The smallest absolute Gasteiger partial charge is 0.115 e. The van der Waals surface area contributed by atoms with Crippen molar-refractivity contribution in [2.45, 2.75) is 38.9 Å². The van der Waals surface area contributed by atoms with Crippen LogP contribution in [-0.2, 0) is 13.0 Å². The van der Waals surface area contributed by atoms with Crippen LogP contribution in [0.25, 0.3) is 0 Å². The number of nitrogens with one attached hydrogen (secondary N) is 2. The molecule has 0 spiro atoms. The van der Waals surface area contributed by atoms with Gasteiger partial charge in [0.25, 0.3) is 0 Å². The van der Waals surface area contributed by atoms with E-state index in [1.165, 1.54) is 11.1 Å². The Morgan fingerprint density at radius 2 is 2.25 bits per heavy atom. The van der Waals surface area contributed by atoms with E-state index in [2.05, 4.69) is 24.5 Å². The van der Waals surface area contributed by atoms with Gasteiger partial charge in [0.1, 0.15) is 5.75 Å². The number of fused-ring (bicyclic) bond motifs is 1. The highest BCUT2D eigenvalue weighted by molar-refractivity contribution is 5.36. The first-order valence-electron chi connectivity index (χ1n) is 5.92. The molecule has 0 amide bonds. The molecule has 1 heterocycles. The second kappa shape index (κ2) is 4.85. The molecule has 0 saturated heterocycles. The first kappa shape index (κ1) is 11.4. The van der Waals surface area contributed by atoms with E-state index in [1.54, 1.807) is 6.07 Å². The van der Waals surface area contributed by atoms with Crippen molar-refractivity contribution in [2.24, 2.45) is 0 Å². The fourth-order valence-electron chi connectivity index (χ4n) is 2.09. The number of hydrogen-bond acceptors (Lipinski definition) is 3. The Morgan fingerprint density at radius 3 is 3.00 bits per heavy atom. The van der Waals surface area contributed by atoms with Crippen LogP contribution in [0.15, 0.2) is 18.2 Å². The Hall–Kier alpha value is -1.06. The molecule has 2 rings (SSSR count). The summed E-state index contributed by atoms with van der Waals surface area (Å²) in [5.41, 5.74) is 2.58. The van der Waals surface area contributed by atoms with Crippen LogP contribution in [0.5, 0.6) is 5.75 Å². The maximum Gasteiger partial charge on any atom is 0.115 e. The van der Waals surface area contributed by atoms with Crippen molar-refractivity contribution in [1.82, 2.24) is 10.6 Å². The summed E-state index contributed by atoms with van der Waals surface area (Å²) in [4.78, 5) is 0. The molecule has 1 atom stereocenters. The van der Waals surface area contributed by atoms with Crippen LogP contribution in [0.2, 0.25) is 0 Å². The Kier molecular flexibility index (Phi) is 3.46. The lowest BCUT2D eigenvalue weighted by Gasteiger charge is -2.27. The third kappa shape index (κ3) is 2.74. The van der Waals surface area contributed by atoms with Gasteiger partial charge < -0.3 is 15.7 Å². The van der Waals surface area contributed by atoms with E-state index in [-0.39, 0.29) is 0 Å². The fraction of sp³-hybridized carbons (Fsp3) is 0.538. The lowest BCUT2D eigenvalue weighted by molar-refractivity contribution is 0.426. The third-order valence-electron chi connectivity index (χ3n) is 3.01. The van der Waals surface area contributed by atoms with Gasteiger partial charge in [-0.15, -0.1) is 0 Å². The molecule has 1 aliphatic heterocycles. The lowest BCUT2D eigenvalue weighted by Crippen LogP contribution is -2.44. The van der Waals surface area contributed by atoms with Crippen molar-refractivity contribution < 1.29 is 5.11 Å². The number of rotatable bonds is 3. The number of phenolic OH excluding ortho intramolecular Hbond substituents is 1. The minimum absolute atomic E-state index is 0.360. The largest absolute Gasteiger partial charge is 0.508 e. The second-order valence-electron chi connectivity index (χ2n) is 4.80. The second-order valence-corrected chi connectivity index (χ2v) is 4.80. The zero-order valence-electron chi connectivity index (χ0n) is 9.96. The van der Waals surface area contributed by atoms with Gasteiger partial charge in [0.2, 0.25) is 0 Å². The fourth-order valence-corrected chi connectivity index (χ4v) is 2.09. The van der Waals surface area contributed by atoms with Gasteiger partial charge in [0.15, 0.2) is 0 Å². The van der Waals surface area contributed by atoms with E-state index in [0.717, 1.165) is 19.5 Å². The van der Waals surface area contributed by atoms with Crippen LogP contribution >= 0.6 is 0 Å². The van der Waals surface area contributed by atoms with Gasteiger partial charge >= 0.3 is 0 Å². The summed E-state index contributed by atoms with van der Waals surface area (Å²) in [6.07, 6.45) is 1.04. The molecular weight excluding hydrogens is 200 g/mol. The number of aromatic hydroxyl groups is 1. The zero-order chi connectivity index (χ0) is 11.5. The van der Waals surface area contributed by atoms with Crippen molar-refractivity contribution in [3.63, 3.8) is 0 Å². The van der Waals surface area contributed by atoms with E-state index < -0.39 is 0 Å². The number of benzene rings is 1. The molecule has 0 aromatic heterocycles. The maximum atomic E-state index is 9.39. The first-order valence-corrected chi connectivity index (χ1v) is 5.92. The summed E-state index contributed by atoms with van der Waals surface area (Å²) in [5, 5.41) is 16.3. The average Bonchev–Trinajstić information content (AvgIpc) is 2.26. The molecule has 0 saturated carbocycles. The minimum Gasteiger partial charge on any atom is -0.508 e. The highest BCUT2D eigenvalue weighted by Crippen LogP contribution is 2.21. The van der Waals surface area contributed by atoms with Crippen molar-refractivity contribution >= 4 is 0 Å². The van der Waals surface area contributed by atoms with E-state index in [1.807, 2.05) is 12.1 Å². The summed E-state index contributed by atoms with van der Waals surface area (Å²) in [5.74, 6) is 0.360. The maximum absolute atomic E-state index is 9.39. The van der Waals surface area contributed by atoms with Crippen molar-refractivity contribution in [3.05, 3.63) is 29.3 Å². The molecule has 0 radical (unpaired) electrons. The Bertz CT molecular complexity index is 363. The SMILES string of the molecule is CC(C)NCC1Cc2ccc(O)cc2CN1. The molecule has 88 valence electrons. The highest BCUT2D eigenvalue weighted by Gasteiger charge is 2.17. The molecule has 3 N–H and O–H groups in total. The first-order chi connectivity index (χ1) is 7.65. The van der Waals surface area contributed by atoms with Crippen molar-refractivity contribution in [3.8, 4) is 5.75 Å². The summed E-state index contributed by atoms with van der Waals surface area (Å²) in [6, 6.07) is 6.70. The number of hydrogen-bond donors (Lipinski definition) is 3. The van der Waals surface area contributed by atoms with E-state index >= 15 is 0 Å². The van der Waals surface area contributed by atoms with Gasteiger partial charge in [-0.25, -0.2) is 0 Å². The molecule has 0 bridgehead atoms. The molecular formula is C13H20N2O. The topological polar surface area (TPSA) is 44.3 Å². The summed E-state index contributed by atoms with van der Waals surface area (Å²) < 4.78 is 0. The molecule has 1 aliphatic rings. The minimum atomic E-state index is 0.360. The molecule has 1 unspecified atom stereocenters. The van der Waals surface area contributed by atoms with E-state index in [0.29, 0.717) is 17.8 Å². The van der Waals surface area contributed by atoms with Crippen molar-refractivity contribution in [1.29, 1.82) is 0 Å². The molecule has 0 fully saturated rings. The molecule has 0 aliphatic carbocycles. The summed E-state index contributed by atoms with van der Waals surface area (Å²) >= 11 is 0. The van der Waals surface area contributed by atoms with Gasteiger partial charge in [-0.1, -0.05) is 19.9 Å². The van der Waals surface area contributed by atoms with Gasteiger partial charge in [0.05, 0.1) is 0 Å². The Balaban J connectivity index is 1.98. The third-order valence-corrected chi connectivity index (χ3v) is 3.01. The summed E-state index contributed by atoms with van der Waals surface area (Å²) in [6.45, 7) is 6.18. The van der Waals surface area contributed by atoms with Crippen LogP contribution in [0, 0.1) is 0 Å². The average molecular weight is 220 g/mol. The standard InChI is InChI=1S/C13H20N2O/c1-9(2)14-8-12-5-10-3-4-13(16)6-11(10)7-15-12/h3-4,6,9,12,14-16H,5,7-8H2,1-2H3. The zero-order valence-corrected chi connectivity index (χ0v) is 9.96. The van der Waals surface area contributed by atoms with E-state index in [4.69, 9.17) is 0 Å². The van der Waals surface area contributed by atoms with Gasteiger partial charge in [-0.2, -0.15) is 0 Å². The van der Waals surface area contributed by atoms with Crippen LogP contribution in [0.1, 0.15) is 25.0 Å². The van der Waals surface area contributed by atoms with E-state index in [9.17, 15) is 5.11 Å². The molecule has 1 aromatic rings. The molecule has 3 nitrogen and oxygen atoms in total. The van der Waals surface area contributed by atoms with Gasteiger partial charge in [-0.3, -0.25) is 0 Å². The highest BCUT2D eigenvalue weighted by atomic mass is 16.3. The molecule has 3 heteroatoms. The molecule has 16 heavy (non-hydrogen) atoms. The lowest BCUT2D eigenvalue weighted by atomic mass is 9.95. The van der Waals surface area contributed by atoms with Crippen LogP contribution < -0.4 is 10.6 Å². The predicted octanol–water partition coefficient (Wildman–Crippen LogP) is 1.40. The van der Waals surface area contributed by atoms with Crippen LogP contribution in [-0.4, -0.2) is 23.7 Å². The Morgan fingerprint density at radius 1 is 1.44 bits per heavy atom. The van der Waals surface area contributed by atoms with Crippen LogP contribution in [0.3, 0.4) is 0 Å². The monoisotopic (exact) mass is 220 g/mol. The predicted molar refractivity (Wildman–Crippen MR) is 65.6 cm³/mol. The number of phenols is 1. The Labute approximate surface area is 96.9 Å². The van der Waals surface area contributed by atoms with Gasteiger partial charge in [0, 0.05) is 25.2 Å². The van der Waals surface area contributed by atoms with Crippen LogP contribution in [0.4, 0.5) is 0 Å². The molecule has 1 aromatic carbocycles. The summed E-state index contributed by atoms with van der Waals surface area (Å²) in [7, 11) is 0. The van der Waals surface area contributed by atoms with Crippen molar-refractivity contribution in [2.75, 3.05) is 6.54 Å². The quantitative estimate of drug-likeness (QED) is 0.721. The normalized spacial score (nSPS) is 19.8.